The maximum Gasteiger partial charge on any atom is 0.0781 e. The van der Waals surface area contributed by atoms with Crippen LogP contribution in [0.5, 0.6) is 0 Å². The SMILES string of the molecule is c1ccc(-n2c3ccc(-c4ncc5c6c(cccc46)-c4ccccc4-5)cc3c3cc(-n4c5ccccc5c5ccccc54)ccc32)cc1. The number of benzene rings is 7. The minimum atomic E-state index is 1.02. The molecule has 3 aromatic heterocycles. The summed E-state index contributed by atoms with van der Waals surface area (Å²) >= 11 is 0. The van der Waals surface area contributed by atoms with Gasteiger partial charge in [-0.2, -0.15) is 0 Å². The van der Waals surface area contributed by atoms with Crippen LogP contribution in [0.3, 0.4) is 0 Å². The van der Waals surface area contributed by atoms with Crippen LogP contribution in [0.4, 0.5) is 0 Å². The zero-order chi connectivity index (χ0) is 31.3. The van der Waals surface area contributed by atoms with Gasteiger partial charge < -0.3 is 9.13 Å². The van der Waals surface area contributed by atoms with Crippen molar-refractivity contribution in [3.8, 4) is 44.9 Å². The minimum absolute atomic E-state index is 1.02. The third kappa shape index (κ3) is 3.40. The molecule has 0 aliphatic heterocycles. The zero-order valence-corrected chi connectivity index (χ0v) is 25.9. The molecule has 1 aliphatic carbocycles. The molecule has 0 atom stereocenters. The number of pyridine rings is 1. The second-order valence-corrected chi connectivity index (χ2v) is 12.8. The second-order valence-electron chi connectivity index (χ2n) is 12.8. The fourth-order valence-electron chi connectivity index (χ4n) is 8.27. The third-order valence-corrected chi connectivity index (χ3v) is 10.3. The lowest BCUT2D eigenvalue weighted by molar-refractivity contribution is 1.16. The summed E-state index contributed by atoms with van der Waals surface area (Å²) in [4.78, 5) is 5.15. The molecule has 0 amide bonds. The van der Waals surface area contributed by atoms with Crippen molar-refractivity contribution in [1.82, 2.24) is 14.1 Å². The summed E-state index contributed by atoms with van der Waals surface area (Å²) in [6.07, 6.45) is 2.07. The summed E-state index contributed by atoms with van der Waals surface area (Å²) in [5.41, 5.74) is 14.3. The van der Waals surface area contributed by atoms with Gasteiger partial charge in [0, 0.05) is 61.0 Å². The Hall–Kier alpha value is -6.45. The molecule has 11 rings (SSSR count). The molecular formula is C45H27N3. The van der Waals surface area contributed by atoms with Gasteiger partial charge in [-0.1, -0.05) is 103 Å². The first-order chi connectivity index (χ1) is 23.8. The van der Waals surface area contributed by atoms with E-state index in [0.29, 0.717) is 0 Å². The Balaban J connectivity index is 1.20. The van der Waals surface area contributed by atoms with Gasteiger partial charge in [-0.25, -0.2) is 0 Å². The van der Waals surface area contributed by atoms with E-state index in [1.807, 2.05) is 0 Å². The first-order valence-electron chi connectivity index (χ1n) is 16.5. The van der Waals surface area contributed by atoms with Crippen LogP contribution in [-0.4, -0.2) is 14.1 Å². The molecule has 0 saturated carbocycles. The average Bonchev–Trinajstić information content (AvgIpc) is 3.78. The largest absolute Gasteiger partial charge is 0.309 e. The van der Waals surface area contributed by atoms with Crippen LogP contribution in [0, 0.1) is 0 Å². The number of hydrogen-bond acceptors (Lipinski definition) is 1. The average molecular weight is 610 g/mol. The maximum atomic E-state index is 5.15. The Morgan fingerprint density at radius 2 is 0.917 bits per heavy atom. The van der Waals surface area contributed by atoms with E-state index in [1.165, 1.54) is 76.6 Å². The highest BCUT2D eigenvalue weighted by atomic mass is 15.0. The molecule has 0 bridgehead atoms. The number of para-hydroxylation sites is 3. The lowest BCUT2D eigenvalue weighted by atomic mass is 9.98. The van der Waals surface area contributed by atoms with Crippen LogP contribution >= 0.6 is 0 Å². The van der Waals surface area contributed by atoms with Crippen molar-refractivity contribution in [2.45, 2.75) is 0 Å². The molecule has 7 aromatic carbocycles. The summed E-state index contributed by atoms with van der Waals surface area (Å²) in [6.45, 7) is 0. The quantitative estimate of drug-likeness (QED) is 0.195. The first-order valence-corrected chi connectivity index (χ1v) is 16.5. The molecule has 222 valence electrons. The molecule has 0 fully saturated rings. The van der Waals surface area contributed by atoms with E-state index in [-0.39, 0.29) is 0 Å². The molecular weight excluding hydrogens is 583 g/mol. The van der Waals surface area contributed by atoms with E-state index in [9.17, 15) is 0 Å². The second kappa shape index (κ2) is 9.54. The number of rotatable bonds is 3. The molecule has 0 unspecified atom stereocenters. The first kappa shape index (κ1) is 25.7. The minimum Gasteiger partial charge on any atom is -0.309 e. The van der Waals surface area contributed by atoms with Gasteiger partial charge in [0.15, 0.2) is 0 Å². The molecule has 10 aromatic rings. The van der Waals surface area contributed by atoms with Crippen LogP contribution in [0.15, 0.2) is 164 Å². The number of hydrogen-bond donors (Lipinski definition) is 0. The zero-order valence-electron chi connectivity index (χ0n) is 25.9. The van der Waals surface area contributed by atoms with E-state index < -0.39 is 0 Å². The Kier molecular flexibility index (Phi) is 5.11. The van der Waals surface area contributed by atoms with Crippen molar-refractivity contribution >= 4 is 54.4 Å². The number of aromatic nitrogens is 3. The van der Waals surface area contributed by atoms with Gasteiger partial charge in [0.25, 0.3) is 0 Å². The van der Waals surface area contributed by atoms with Crippen molar-refractivity contribution < 1.29 is 0 Å². The van der Waals surface area contributed by atoms with Crippen molar-refractivity contribution in [1.29, 1.82) is 0 Å². The van der Waals surface area contributed by atoms with Crippen LogP contribution in [0.1, 0.15) is 0 Å². The van der Waals surface area contributed by atoms with Gasteiger partial charge in [-0.15, -0.1) is 0 Å². The molecule has 3 heterocycles. The van der Waals surface area contributed by atoms with Gasteiger partial charge >= 0.3 is 0 Å². The number of fused-ring (bicyclic) bond motifs is 9. The Morgan fingerprint density at radius 3 is 1.69 bits per heavy atom. The van der Waals surface area contributed by atoms with Crippen molar-refractivity contribution in [3.05, 3.63) is 164 Å². The molecule has 48 heavy (non-hydrogen) atoms. The van der Waals surface area contributed by atoms with Crippen molar-refractivity contribution in [3.63, 3.8) is 0 Å². The topological polar surface area (TPSA) is 22.8 Å². The van der Waals surface area contributed by atoms with E-state index >= 15 is 0 Å². The monoisotopic (exact) mass is 609 g/mol. The van der Waals surface area contributed by atoms with E-state index in [4.69, 9.17) is 4.98 Å². The van der Waals surface area contributed by atoms with Gasteiger partial charge in [0.2, 0.25) is 0 Å². The predicted octanol–water partition coefficient (Wildman–Crippen LogP) is 11.7. The summed E-state index contributed by atoms with van der Waals surface area (Å²) in [5.74, 6) is 0. The van der Waals surface area contributed by atoms with Crippen LogP contribution in [0.2, 0.25) is 0 Å². The highest BCUT2D eigenvalue weighted by Gasteiger charge is 2.24. The maximum absolute atomic E-state index is 5.15. The lowest BCUT2D eigenvalue weighted by Gasteiger charge is -2.10. The Labute approximate surface area is 276 Å². The molecule has 0 radical (unpaired) electrons. The molecule has 0 spiro atoms. The molecule has 3 nitrogen and oxygen atoms in total. The van der Waals surface area contributed by atoms with Crippen LogP contribution < -0.4 is 0 Å². The summed E-state index contributed by atoms with van der Waals surface area (Å²) in [6, 6.07) is 57.2. The highest BCUT2D eigenvalue weighted by molar-refractivity contribution is 6.19. The molecule has 0 N–H and O–H groups in total. The number of nitrogens with zero attached hydrogens (tertiary/aromatic N) is 3. The molecule has 3 heteroatoms. The Bertz CT molecular complexity index is 2860. The fourth-order valence-corrected chi connectivity index (χ4v) is 8.27. The third-order valence-electron chi connectivity index (χ3n) is 10.3. The van der Waals surface area contributed by atoms with Gasteiger partial charge in [0.05, 0.1) is 27.8 Å². The smallest absolute Gasteiger partial charge is 0.0781 e. The van der Waals surface area contributed by atoms with E-state index in [2.05, 4.69) is 173 Å². The lowest BCUT2D eigenvalue weighted by Crippen LogP contribution is -1.95. The van der Waals surface area contributed by atoms with Crippen LogP contribution in [-0.2, 0) is 0 Å². The normalized spacial score (nSPS) is 12.2. The summed E-state index contributed by atoms with van der Waals surface area (Å²) in [7, 11) is 0. The summed E-state index contributed by atoms with van der Waals surface area (Å²) < 4.78 is 4.80. The molecule has 0 saturated heterocycles. The van der Waals surface area contributed by atoms with E-state index in [0.717, 1.165) is 22.6 Å². The fraction of sp³-hybridized carbons (Fsp3) is 0. The van der Waals surface area contributed by atoms with Crippen molar-refractivity contribution in [2.75, 3.05) is 0 Å². The van der Waals surface area contributed by atoms with Gasteiger partial charge in [-0.3, -0.25) is 4.98 Å². The molecule has 1 aliphatic rings. The highest BCUT2D eigenvalue weighted by Crippen LogP contribution is 2.48. The van der Waals surface area contributed by atoms with Gasteiger partial charge in [0.1, 0.15) is 0 Å². The van der Waals surface area contributed by atoms with Gasteiger partial charge in [-0.05, 0) is 71.3 Å². The standard InChI is InChI=1S/C45H27N3/c1-2-11-29(12-3-1)47-42-23-21-28(45-36-18-10-17-35-31-13-4-5-14-32(31)39(27-46-45)44(35)36)25-37(42)38-26-30(22-24-43(38)47)48-40-19-8-6-15-33(40)34-16-7-9-20-41(34)48/h1-27H. The van der Waals surface area contributed by atoms with Crippen LogP contribution in [0.25, 0.3) is 99.3 Å². The summed E-state index contributed by atoms with van der Waals surface area (Å²) in [5, 5.41) is 7.45. The van der Waals surface area contributed by atoms with E-state index in [1.54, 1.807) is 0 Å². The predicted molar refractivity (Wildman–Crippen MR) is 200 cm³/mol. The van der Waals surface area contributed by atoms with Crippen molar-refractivity contribution in [2.24, 2.45) is 0 Å². The Morgan fingerprint density at radius 1 is 0.354 bits per heavy atom.